The summed E-state index contributed by atoms with van der Waals surface area (Å²) >= 11 is 2.85. The summed E-state index contributed by atoms with van der Waals surface area (Å²) in [5, 5.41) is 5.76. The molecule has 2 N–H and O–H groups in total. The number of anilines is 2. The second-order valence-electron chi connectivity index (χ2n) is 6.91. The molecule has 0 atom stereocenters. The van der Waals surface area contributed by atoms with E-state index in [0.29, 0.717) is 22.7 Å². The van der Waals surface area contributed by atoms with Crippen LogP contribution in [0.5, 0.6) is 11.5 Å². The van der Waals surface area contributed by atoms with Gasteiger partial charge in [-0.05, 0) is 60.7 Å². The summed E-state index contributed by atoms with van der Waals surface area (Å²) in [7, 11) is 3.16. The molecule has 0 unspecified atom stereocenters. The minimum Gasteiger partial charge on any atom is -0.497 e. The van der Waals surface area contributed by atoms with Gasteiger partial charge in [-0.25, -0.2) is 4.98 Å². The first-order valence-electron chi connectivity index (χ1n) is 9.97. The second-order valence-corrected chi connectivity index (χ2v) is 9.17. The lowest BCUT2D eigenvalue weighted by atomic mass is 10.2. The molecule has 0 fully saturated rings. The van der Waals surface area contributed by atoms with Crippen molar-refractivity contribution in [1.29, 1.82) is 0 Å². The molecule has 4 rings (SSSR count). The lowest BCUT2D eigenvalue weighted by Crippen LogP contribution is -2.13. The number of aromatic nitrogens is 1. The molecule has 0 saturated heterocycles. The van der Waals surface area contributed by atoms with Gasteiger partial charge >= 0.3 is 0 Å². The number of thioether (sulfide) groups is 1. The number of carbonyl (C=O) groups excluding carboxylic acids is 2. The highest BCUT2D eigenvalue weighted by Crippen LogP contribution is 2.31. The van der Waals surface area contributed by atoms with E-state index >= 15 is 0 Å². The lowest BCUT2D eigenvalue weighted by molar-refractivity contribution is -0.113. The molecule has 1 heterocycles. The van der Waals surface area contributed by atoms with E-state index in [1.165, 1.54) is 23.1 Å². The Labute approximate surface area is 199 Å². The maximum Gasteiger partial charge on any atom is 0.255 e. The zero-order valence-corrected chi connectivity index (χ0v) is 19.6. The zero-order valence-electron chi connectivity index (χ0n) is 18.0. The lowest BCUT2D eigenvalue weighted by Gasteiger charge is -2.06. The van der Waals surface area contributed by atoms with E-state index in [-0.39, 0.29) is 17.6 Å². The van der Waals surface area contributed by atoms with Gasteiger partial charge in [0.1, 0.15) is 11.5 Å². The molecule has 2 amide bonds. The fraction of sp³-hybridized carbons (Fsp3) is 0.125. The van der Waals surface area contributed by atoms with E-state index in [0.717, 1.165) is 20.3 Å². The average Bonchev–Trinajstić information content (AvgIpc) is 3.25. The van der Waals surface area contributed by atoms with Crippen LogP contribution in [0.25, 0.3) is 10.2 Å². The molecule has 1 aromatic heterocycles. The van der Waals surface area contributed by atoms with E-state index in [9.17, 15) is 9.59 Å². The molecule has 0 radical (unpaired) electrons. The normalized spacial score (nSPS) is 10.6. The molecule has 0 saturated carbocycles. The second kappa shape index (κ2) is 10.4. The highest BCUT2D eigenvalue weighted by molar-refractivity contribution is 8.01. The molecule has 0 spiro atoms. The minimum atomic E-state index is -0.220. The molecule has 7 nitrogen and oxygen atoms in total. The number of hydrogen-bond acceptors (Lipinski definition) is 7. The van der Waals surface area contributed by atoms with Crippen molar-refractivity contribution in [3.63, 3.8) is 0 Å². The van der Waals surface area contributed by atoms with E-state index in [4.69, 9.17) is 9.47 Å². The third-order valence-electron chi connectivity index (χ3n) is 4.66. The molecular formula is C24H21N3O4S2. The minimum absolute atomic E-state index is 0.115. The highest BCUT2D eigenvalue weighted by Gasteiger charge is 2.11. The van der Waals surface area contributed by atoms with E-state index in [1.54, 1.807) is 62.8 Å². The van der Waals surface area contributed by atoms with Crippen molar-refractivity contribution in [1.82, 2.24) is 4.98 Å². The number of nitrogens with one attached hydrogen (secondary N) is 2. The van der Waals surface area contributed by atoms with Gasteiger partial charge in [-0.1, -0.05) is 17.8 Å². The Morgan fingerprint density at radius 3 is 2.42 bits per heavy atom. The molecule has 0 aliphatic heterocycles. The third-order valence-corrected chi connectivity index (χ3v) is 6.82. The first-order valence-corrected chi connectivity index (χ1v) is 11.8. The van der Waals surface area contributed by atoms with Crippen molar-refractivity contribution in [2.75, 3.05) is 30.6 Å². The number of carbonyl (C=O) groups is 2. The summed E-state index contributed by atoms with van der Waals surface area (Å²) in [4.78, 5) is 29.4. The molecule has 3 aromatic carbocycles. The number of thiazole rings is 1. The molecule has 9 heteroatoms. The van der Waals surface area contributed by atoms with Gasteiger partial charge in [0.2, 0.25) is 5.91 Å². The molecule has 0 aliphatic carbocycles. The molecule has 33 heavy (non-hydrogen) atoms. The standard InChI is InChI=1S/C24H21N3O4S2/c1-30-18-9-6-16(7-10-18)25-22(28)14-32-24-27-20-11-8-17(13-21(20)33-24)26-23(29)15-4-3-5-19(12-15)31-2/h3-13H,14H2,1-2H3,(H,25,28)(H,26,29). The van der Waals surface area contributed by atoms with Gasteiger partial charge < -0.3 is 20.1 Å². The Morgan fingerprint density at radius 2 is 1.67 bits per heavy atom. The Bertz CT molecular complexity index is 1290. The fourth-order valence-corrected chi connectivity index (χ4v) is 4.92. The van der Waals surface area contributed by atoms with Crippen LogP contribution in [0.3, 0.4) is 0 Å². The summed E-state index contributed by atoms with van der Waals surface area (Å²) in [6.07, 6.45) is 0. The number of ether oxygens (including phenoxy) is 2. The summed E-state index contributed by atoms with van der Waals surface area (Å²) in [6.45, 7) is 0. The predicted molar refractivity (Wildman–Crippen MR) is 133 cm³/mol. The molecule has 0 aliphatic rings. The van der Waals surface area contributed by atoms with Crippen molar-refractivity contribution < 1.29 is 19.1 Å². The number of benzene rings is 3. The zero-order chi connectivity index (χ0) is 23.2. The predicted octanol–water partition coefficient (Wildman–Crippen LogP) is 5.30. The van der Waals surface area contributed by atoms with Crippen molar-refractivity contribution in [3.8, 4) is 11.5 Å². The van der Waals surface area contributed by atoms with Crippen LogP contribution in [0.4, 0.5) is 11.4 Å². The van der Waals surface area contributed by atoms with Gasteiger partial charge in [0, 0.05) is 16.9 Å². The summed E-state index contributed by atoms with van der Waals surface area (Å²) in [6, 6.07) is 19.7. The largest absolute Gasteiger partial charge is 0.497 e. The fourth-order valence-electron chi connectivity index (χ4n) is 3.01. The summed E-state index contributed by atoms with van der Waals surface area (Å²) < 4.78 is 12.0. The number of hydrogen-bond donors (Lipinski definition) is 2. The first kappa shape index (κ1) is 22.6. The van der Waals surface area contributed by atoms with E-state index < -0.39 is 0 Å². The summed E-state index contributed by atoms with van der Waals surface area (Å²) in [5.41, 5.74) is 2.71. The molecular weight excluding hydrogens is 458 g/mol. The van der Waals surface area contributed by atoms with E-state index in [2.05, 4.69) is 15.6 Å². The summed E-state index contributed by atoms with van der Waals surface area (Å²) in [5.74, 6) is 1.26. The maximum absolute atomic E-state index is 12.6. The van der Waals surface area contributed by atoms with Gasteiger partial charge in [-0.15, -0.1) is 11.3 Å². The monoisotopic (exact) mass is 479 g/mol. The van der Waals surface area contributed by atoms with Gasteiger partial charge in [0.05, 0.1) is 30.2 Å². The van der Waals surface area contributed by atoms with Gasteiger partial charge in [0.15, 0.2) is 4.34 Å². The Morgan fingerprint density at radius 1 is 0.909 bits per heavy atom. The average molecular weight is 480 g/mol. The van der Waals surface area contributed by atoms with Crippen LogP contribution in [0.1, 0.15) is 10.4 Å². The number of fused-ring (bicyclic) bond motifs is 1. The van der Waals surface area contributed by atoms with Gasteiger partial charge in [-0.2, -0.15) is 0 Å². The van der Waals surface area contributed by atoms with Crippen molar-refractivity contribution >= 4 is 56.5 Å². The number of amides is 2. The molecule has 168 valence electrons. The number of nitrogens with zero attached hydrogens (tertiary/aromatic N) is 1. The Hall–Kier alpha value is -3.56. The third kappa shape index (κ3) is 5.82. The van der Waals surface area contributed by atoms with Crippen LogP contribution < -0.4 is 20.1 Å². The van der Waals surface area contributed by atoms with Crippen LogP contribution in [0.15, 0.2) is 71.1 Å². The number of rotatable bonds is 8. The van der Waals surface area contributed by atoms with Crippen molar-refractivity contribution in [3.05, 3.63) is 72.3 Å². The molecule has 0 bridgehead atoms. The van der Waals surface area contributed by atoms with Crippen LogP contribution in [0.2, 0.25) is 0 Å². The Kier molecular flexibility index (Phi) is 7.11. The van der Waals surface area contributed by atoms with Crippen LogP contribution in [-0.4, -0.2) is 36.8 Å². The smallest absolute Gasteiger partial charge is 0.255 e. The van der Waals surface area contributed by atoms with Crippen LogP contribution in [-0.2, 0) is 4.79 Å². The van der Waals surface area contributed by atoms with Crippen molar-refractivity contribution in [2.24, 2.45) is 0 Å². The highest BCUT2D eigenvalue weighted by atomic mass is 32.2. The quantitative estimate of drug-likeness (QED) is 0.334. The SMILES string of the molecule is COc1ccc(NC(=O)CSc2nc3ccc(NC(=O)c4cccc(OC)c4)cc3s2)cc1. The van der Waals surface area contributed by atoms with E-state index in [1.807, 2.05) is 18.2 Å². The van der Waals surface area contributed by atoms with Gasteiger partial charge in [0.25, 0.3) is 5.91 Å². The Balaban J connectivity index is 1.37. The van der Waals surface area contributed by atoms with Gasteiger partial charge in [-0.3, -0.25) is 9.59 Å². The van der Waals surface area contributed by atoms with Crippen LogP contribution >= 0.6 is 23.1 Å². The van der Waals surface area contributed by atoms with Crippen LogP contribution in [0, 0.1) is 0 Å². The topological polar surface area (TPSA) is 89.5 Å². The van der Waals surface area contributed by atoms with Crippen molar-refractivity contribution in [2.45, 2.75) is 4.34 Å². The molecule has 4 aromatic rings. The maximum atomic E-state index is 12.6. The number of methoxy groups -OCH3 is 2. The first-order chi connectivity index (χ1) is 16.0.